The van der Waals surface area contributed by atoms with Gasteiger partial charge in [0.25, 0.3) is 6.71 Å². The van der Waals surface area contributed by atoms with Crippen LogP contribution in [0.25, 0.3) is 156 Å². The highest BCUT2D eigenvalue weighted by Gasteiger charge is 2.44. The summed E-state index contributed by atoms with van der Waals surface area (Å²) in [6.45, 7) is 28.0. The maximum Gasteiger partial charge on any atom is 0.252 e. The molecule has 2 aliphatic heterocycles. The van der Waals surface area contributed by atoms with Crippen LogP contribution in [-0.2, 0) is 21.7 Å². The van der Waals surface area contributed by atoms with Gasteiger partial charge < -0.3 is 9.13 Å². The van der Waals surface area contributed by atoms with Gasteiger partial charge in [-0.05, 0) is 163 Å². The molecule has 0 saturated heterocycles. The summed E-state index contributed by atoms with van der Waals surface area (Å²) in [6, 6.07) is 105. The lowest BCUT2D eigenvalue weighted by molar-refractivity contribution is 0.568. The fraction of sp³-hybridized carbons (Fsp3) is 0.165. The fourth-order valence-corrected chi connectivity index (χ4v) is 16.4. The molecule has 0 spiro atoms. The minimum atomic E-state index is -0.237. The third kappa shape index (κ3) is 10.6. The lowest BCUT2D eigenvalue weighted by Crippen LogP contribution is -2.59. The van der Waals surface area contributed by atoms with Crippen molar-refractivity contribution in [1.82, 2.24) is 24.1 Å². The molecule has 2 aliphatic rings. The third-order valence-corrected chi connectivity index (χ3v) is 21.9. The van der Waals surface area contributed by atoms with Crippen molar-refractivity contribution in [1.29, 1.82) is 0 Å². The van der Waals surface area contributed by atoms with E-state index >= 15 is 0 Å². The topological polar surface area (TPSA) is 48.5 Å². The van der Waals surface area contributed by atoms with E-state index in [4.69, 9.17) is 15.0 Å². The zero-order valence-corrected chi connectivity index (χ0v) is 60.9. The van der Waals surface area contributed by atoms with Crippen LogP contribution < -0.4 is 16.4 Å². The van der Waals surface area contributed by atoms with E-state index in [0.717, 1.165) is 72.5 Å². The smallest absolute Gasteiger partial charge is 0.252 e. The lowest BCUT2D eigenvalue weighted by Gasteiger charge is -2.34. The first-order valence-corrected chi connectivity index (χ1v) is 36.5. The van der Waals surface area contributed by atoms with Crippen LogP contribution in [0.5, 0.6) is 0 Å². The molecule has 5 nitrogen and oxygen atoms in total. The number of rotatable bonds is 9. The van der Waals surface area contributed by atoms with Crippen molar-refractivity contribution in [2.75, 3.05) is 0 Å². The molecule has 18 rings (SSSR count). The molecule has 0 fully saturated rings. The molecule has 103 heavy (non-hydrogen) atoms. The quantitative estimate of drug-likeness (QED) is 0.135. The molecule has 13 aromatic carbocycles. The Labute approximate surface area is 605 Å². The van der Waals surface area contributed by atoms with Gasteiger partial charge in [-0.2, -0.15) is 0 Å². The molecule has 6 heteroatoms. The monoisotopic (exact) mass is 1330 g/mol. The zero-order valence-electron chi connectivity index (χ0n) is 60.9. The van der Waals surface area contributed by atoms with Gasteiger partial charge in [0.15, 0.2) is 17.5 Å². The van der Waals surface area contributed by atoms with Gasteiger partial charge in [0.05, 0.1) is 22.1 Å². The van der Waals surface area contributed by atoms with E-state index in [1.54, 1.807) is 0 Å². The van der Waals surface area contributed by atoms with E-state index in [2.05, 4.69) is 371 Å². The Bertz CT molecular complexity index is 5670. The molecule has 0 radical (unpaired) electrons. The summed E-state index contributed by atoms with van der Waals surface area (Å²) in [5, 5.41) is 4.90. The molecule has 16 aromatic rings. The van der Waals surface area contributed by atoms with E-state index < -0.39 is 0 Å². The van der Waals surface area contributed by atoms with Gasteiger partial charge in [-0.25, -0.2) is 15.0 Å². The number of nitrogens with zero attached hydrogens (tertiary/aromatic N) is 5. The standard InChI is InChI=1S/C97H82BN5/c1-94(2,3)70-47-67(48-71(57-70)95(4,5)6)74-43-45-78-89-86(74)84-76(61-35-23-15-24-36-61)51-65(59-31-19-13-20-32-59)53-80(84)102(89)82-55-69(93-100-91(63-39-27-17-28-40-63)99-92(101-93)64-41-29-18-30-42-64)56-83-88(82)98(78)79-46-44-75(68-49-72(96(7,8)9)58-73(50-68)97(10,11)12)87-85-77(62-37-25-16-26-38-62)52-66(60-33-21-14-22-34-60)54-81(85)103(83)90(79)87/h13-58H,1-12H3. The first-order valence-electron chi connectivity index (χ1n) is 36.5. The molecule has 0 amide bonds. The Morgan fingerprint density at radius 2 is 0.544 bits per heavy atom. The molecule has 0 N–H and O–H groups in total. The molecular weight excluding hydrogens is 1250 g/mol. The van der Waals surface area contributed by atoms with E-state index in [1.165, 1.54) is 105 Å². The van der Waals surface area contributed by atoms with Crippen LogP contribution in [0.3, 0.4) is 0 Å². The largest absolute Gasteiger partial charge is 0.310 e. The van der Waals surface area contributed by atoms with Gasteiger partial charge in [0, 0.05) is 49.6 Å². The number of benzene rings is 13. The Morgan fingerprint density at radius 1 is 0.243 bits per heavy atom. The molecule has 0 unspecified atom stereocenters. The van der Waals surface area contributed by atoms with Gasteiger partial charge in [-0.15, -0.1) is 0 Å². The SMILES string of the molecule is CC(C)(C)c1cc(-c2ccc3c4c2c2c(-c5ccccc5)cc(-c5ccccc5)cc2n4-c2cc(-c4nc(-c5ccccc5)nc(-c5ccccc5)n4)cc4c2B3c2ccc(-c3cc(C(C)(C)C)cc(C(C)(C)C)c3)c3c5c(-c6ccccc6)cc(-c6ccccc6)cc5n-4c23)cc(C(C)(C)C)c1. The van der Waals surface area contributed by atoms with Gasteiger partial charge in [-0.1, -0.05) is 326 Å². The Morgan fingerprint density at radius 3 is 0.864 bits per heavy atom. The number of fused-ring (bicyclic) bond motifs is 10. The molecule has 0 aliphatic carbocycles. The van der Waals surface area contributed by atoms with Crippen LogP contribution in [0.15, 0.2) is 279 Å². The van der Waals surface area contributed by atoms with Crippen LogP contribution in [0.4, 0.5) is 0 Å². The van der Waals surface area contributed by atoms with E-state index in [9.17, 15) is 0 Å². The van der Waals surface area contributed by atoms with Crippen LogP contribution in [0.2, 0.25) is 0 Å². The highest BCUT2D eigenvalue weighted by molar-refractivity contribution is 7.00. The minimum Gasteiger partial charge on any atom is -0.310 e. The van der Waals surface area contributed by atoms with Crippen molar-refractivity contribution >= 4 is 66.7 Å². The number of aromatic nitrogens is 5. The second-order valence-corrected chi connectivity index (χ2v) is 32.8. The molecule has 5 heterocycles. The molecule has 3 aromatic heterocycles. The summed E-state index contributed by atoms with van der Waals surface area (Å²) in [7, 11) is 0. The maximum absolute atomic E-state index is 5.64. The van der Waals surface area contributed by atoms with Crippen molar-refractivity contribution in [3.8, 4) is 112 Å². The van der Waals surface area contributed by atoms with Crippen molar-refractivity contribution in [3.63, 3.8) is 0 Å². The van der Waals surface area contributed by atoms with E-state index in [-0.39, 0.29) is 28.4 Å². The molecule has 0 saturated carbocycles. The Balaban J connectivity index is 1.08. The third-order valence-electron chi connectivity index (χ3n) is 21.9. The summed E-state index contributed by atoms with van der Waals surface area (Å²) in [5.41, 5.74) is 32.2. The number of hydrogen-bond donors (Lipinski definition) is 0. The molecule has 498 valence electrons. The van der Waals surface area contributed by atoms with Gasteiger partial charge in [0.1, 0.15) is 0 Å². The van der Waals surface area contributed by atoms with Crippen molar-refractivity contribution < 1.29 is 0 Å². The first-order chi connectivity index (χ1) is 49.6. The van der Waals surface area contributed by atoms with Crippen LogP contribution >= 0.6 is 0 Å². The Hall–Kier alpha value is -11.5. The van der Waals surface area contributed by atoms with Gasteiger partial charge in [0.2, 0.25) is 0 Å². The summed E-state index contributed by atoms with van der Waals surface area (Å²) >= 11 is 0. The molecule has 0 atom stereocenters. The second kappa shape index (κ2) is 23.6. The Kier molecular flexibility index (Phi) is 14.6. The molecule has 0 bridgehead atoms. The fourth-order valence-electron chi connectivity index (χ4n) is 16.4. The normalized spacial score (nSPS) is 12.8. The summed E-state index contributed by atoms with van der Waals surface area (Å²) in [4.78, 5) is 16.6. The first kappa shape index (κ1) is 63.7. The maximum atomic E-state index is 5.64. The van der Waals surface area contributed by atoms with Crippen LogP contribution in [0.1, 0.15) is 105 Å². The average Bonchev–Trinajstić information content (AvgIpc) is 1.52. The predicted molar refractivity (Wildman–Crippen MR) is 437 cm³/mol. The van der Waals surface area contributed by atoms with E-state index in [1.807, 2.05) is 0 Å². The van der Waals surface area contributed by atoms with Gasteiger partial charge >= 0.3 is 0 Å². The van der Waals surface area contributed by atoms with Gasteiger partial charge in [-0.3, -0.25) is 0 Å². The number of hydrogen-bond acceptors (Lipinski definition) is 3. The van der Waals surface area contributed by atoms with Crippen molar-refractivity contribution in [3.05, 3.63) is 301 Å². The highest BCUT2D eigenvalue weighted by Crippen LogP contribution is 2.51. The highest BCUT2D eigenvalue weighted by atomic mass is 15.1. The van der Waals surface area contributed by atoms with Crippen molar-refractivity contribution in [2.45, 2.75) is 105 Å². The summed E-state index contributed by atoms with van der Waals surface area (Å²) in [5.74, 6) is 1.82. The predicted octanol–water partition coefficient (Wildman–Crippen LogP) is 23.4. The average molecular weight is 1330 g/mol. The van der Waals surface area contributed by atoms with Crippen molar-refractivity contribution in [2.24, 2.45) is 0 Å². The zero-order chi connectivity index (χ0) is 70.6. The van der Waals surface area contributed by atoms with Crippen LogP contribution in [0, 0.1) is 0 Å². The summed E-state index contributed by atoms with van der Waals surface area (Å²) in [6.07, 6.45) is 0. The molecular formula is C97H82BN5. The van der Waals surface area contributed by atoms with E-state index in [0.29, 0.717) is 17.5 Å². The second-order valence-electron chi connectivity index (χ2n) is 32.8. The van der Waals surface area contributed by atoms with Crippen LogP contribution in [-0.4, -0.2) is 30.8 Å². The summed E-state index contributed by atoms with van der Waals surface area (Å²) < 4.78 is 5.35. The minimum absolute atomic E-state index is 0.126. The lowest BCUT2D eigenvalue weighted by atomic mass is 9.34.